The molecule has 1 aromatic carbocycles. The Morgan fingerprint density at radius 3 is 2.75 bits per heavy atom. The normalized spacial score (nSPS) is 12.4. The minimum Gasteiger partial charge on any atom is -0.370 e. The molecule has 20 heavy (non-hydrogen) atoms. The van der Waals surface area contributed by atoms with E-state index in [0.717, 1.165) is 13.0 Å². The smallest absolute Gasteiger partial charge is 0.0539 e. The molecule has 1 aromatic heterocycles. The molecule has 108 valence electrons. The third-order valence-electron chi connectivity index (χ3n) is 3.37. The quantitative estimate of drug-likeness (QED) is 0.908. The summed E-state index contributed by atoms with van der Waals surface area (Å²) in [6.45, 7) is 5.02. The first-order valence-corrected chi connectivity index (χ1v) is 6.99. The van der Waals surface area contributed by atoms with Gasteiger partial charge in [0.15, 0.2) is 0 Å². The van der Waals surface area contributed by atoms with Crippen LogP contribution in [0.15, 0.2) is 30.6 Å². The molecule has 0 fully saturated rings. The van der Waals surface area contributed by atoms with Gasteiger partial charge in [-0.3, -0.25) is 4.68 Å². The van der Waals surface area contributed by atoms with Crippen LogP contribution >= 0.6 is 0 Å². The molecule has 4 nitrogen and oxygen atoms in total. The first-order valence-electron chi connectivity index (χ1n) is 6.99. The third-order valence-corrected chi connectivity index (χ3v) is 3.37. The maximum absolute atomic E-state index is 5.97. The summed E-state index contributed by atoms with van der Waals surface area (Å²) in [5.41, 5.74) is 11.0. The number of benzene rings is 1. The van der Waals surface area contributed by atoms with E-state index in [4.69, 9.17) is 5.73 Å². The minimum atomic E-state index is 0.169. The fourth-order valence-corrected chi connectivity index (χ4v) is 2.51. The van der Waals surface area contributed by atoms with E-state index in [1.54, 1.807) is 0 Å². The van der Waals surface area contributed by atoms with Gasteiger partial charge in [-0.15, -0.1) is 0 Å². The molecular formula is C16H24N4. The van der Waals surface area contributed by atoms with Crippen molar-refractivity contribution in [2.45, 2.75) is 32.9 Å². The maximum atomic E-state index is 5.97. The van der Waals surface area contributed by atoms with Crippen LogP contribution in [0.2, 0.25) is 0 Å². The molecule has 0 bridgehead atoms. The highest BCUT2D eigenvalue weighted by Crippen LogP contribution is 2.23. The first-order chi connectivity index (χ1) is 9.45. The number of nitrogens with two attached hydrogens (primary N) is 1. The molecule has 2 aromatic rings. The summed E-state index contributed by atoms with van der Waals surface area (Å²) in [5.74, 6) is 0. The van der Waals surface area contributed by atoms with Gasteiger partial charge in [0.25, 0.3) is 0 Å². The van der Waals surface area contributed by atoms with E-state index in [1.165, 1.54) is 22.4 Å². The van der Waals surface area contributed by atoms with Crippen LogP contribution in [0.25, 0.3) is 0 Å². The Labute approximate surface area is 121 Å². The molecule has 0 aliphatic carbocycles. The first kappa shape index (κ1) is 14.6. The van der Waals surface area contributed by atoms with Crippen LogP contribution in [0.1, 0.15) is 23.6 Å². The Hall–Kier alpha value is -1.81. The molecule has 0 saturated heterocycles. The van der Waals surface area contributed by atoms with Crippen LogP contribution in [0.5, 0.6) is 0 Å². The molecule has 0 radical (unpaired) electrons. The summed E-state index contributed by atoms with van der Waals surface area (Å²) in [6.07, 6.45) is 4.86. The van der Waals surface area contributed by atoms with Crippen LogP contribution in [-0.2, 0) is 20.0 Å². The summed E-state index contributed by atoms with van der Waals surface area (Å²) in [6, 6.07) is 6.74. The SMILES string of the molecule is Cc1ccc(N(C)Cc2cnn(C)c2)c(CC(C)N)c1. The van der Waals surface area contributed by atoms with Crippen molar-refractivity contribution in [2.24, 2.45) is 12.8 Å². The van der Waals surface area contributed by atoms with Crippen molar-refractivity contribution in [2.75, 3.05) is 11.9 Å². The molecular weight excluding hydrogens is 248 g/mol. The predicted octanol–water partition coefficient (Wildman–Crippen LogP) is 2.25. The molecule has 2 rings (SSSR count). The summed E-state index contributed by atoms with van der Waals surface area (Å²) < 4.78 is 1.83. The lowest BCUT2D eigenvalue weighted by Gasteiger charge is -2.23. The largest absolute Gasteiger partial charge is 0.370 e. The number of anilines is 1. The summed E-state index contributed by atoms with van der Waals surface area (Å²) in [4.78, 5) is 2.26. The average Bonchev–Trinajstić information content (AvgIpc) is 2.73. The van der Waals surface area contributed by atoms with Crippen molar-refractivity contribution in [3.63, 3.8) is 0 Å². The van der Waals surface area contributed by atoms with Gasteiger partial charge in [0.05, 0.1) is 6.20 Å². The molecule has 0 aliphatic rings. The van der Waals surface area contributed by atoms with Crippen molar-refractivity contribution in [1.82, 2.24) is 9.78 Å². The highest BCUT2D eigenvalue weighted by molar-refractivity contribution is 5.55. The van der Waals surface area contributed by atoms with Crippen LogP contribution < -0.4 is 10.6 Å². The zero-order valence-electron chi connectivity index (χ0n) is 12.8. The summed E-state index contributed by atoms with van der Waals surface area (Å²) in [7, 11) is 4.05. The van der Waals surface area contributed by atoms with Gasteiger partial charge in [-0.25, -0.2) is 0 Å². The number of rotatable bonds is 5. The van der Waals surface area contributed by atoms with Gasteiger partial charge in [0, 0.05) is 44.1 Å². The second-order valence-corrected chi connectivity index (χ2v) is 5.69. The van der Waals surface area contributed by atoms with Gasteiger partial charge in [-0.1, -0.05) is 17.7 Å². The minimum absolute atomic E-state index is 0.169. The lowest BCUT2D eigenvalue weighted by molar-refractivity contribution is 0.733. The fraction of sp³-hybridized carbons (Fsp3) is 0.438. The van der Waals surface area contributed by atoms with E-state index in [1.807, 2.05) is 24.9 Å². The zero-order chi connectivity index (χ0) is 14.7. The summed E-state index contributed by atoms with van der Waals surface area (Å²) >= 11 is 0. The number of aryl methyl sites for hydroxylation is 2. The molecule has 0 aliphatic heterocycles. The lowest BCUT2D eigenvalue weighted by Crippen LogP contribution is -2.22. The van der Waals surface area contributed by atoms with E-state index in [-0.39, 0.29) is 6.04 Å². The topological polar surface area (TPSA) is 47.1 Å². The molecule has 4 heteroatoms. The van der Waals surface area contributed by atoms with Crippen molar-refractivity contribution < 1.29 is 0 Å². The highest BCUT2D eigenvalue weighted by atomic mass is 15.2. The van der Waals surface area contributed by atoms with Crippen molar-refractivity contribution in [3.8, 4) is 0 Å². The Bertz CT molecular complexity index is 572. The number of hydrogen-bond acceptors (Lipinski definition) is 3. The standard InChI is InChI=1S/C16H24N4/c1-12-5-6-16(15(7-12)8-13(2)17)19(3)10-14-9-18-20(4)11-14/h5-7,9,11,13H,8,10,17H2,1-4H3. The Morgan fingerprint density at radius 2 is 2.15 bits per heavy atom. The van der Waals surface area contributed by atoms with Gasteiger partial charge < -0.3 is 10.6 Å². The van der Waals surface area contributed by atoms with Crippen molar-refractivity contribution in [1.29, 1.82) is 0 Å². The Kier molecular flexibility index (Phi) is 4.45. The molecule has 1 unspecified atom stereocenters. The third kappa shape index (κ3) is 3.61. The van der Waals surface area contributed by atoms with Gasteiger partial charge in [-0.05, 0) is 31.9 Å². The predicted molar refractivity (Wildman–Crippen MR) is 83.8 cm³/mol. The summed E-state index contributed by atoms with van der Waals surface area (Å²) in [5, 5.41) is 4.22. The van der Waals surface area contributed by atoms with Crippen molar-refractivity contribution >= 4 is 5.69 Å². The maximum Gasteiger partial charge on any atom is 0.0539 e. The number of hydrogen-bond donors (Lipinski definition) is 1. The van der Waals surface area contributed by atoms with E-state index >= 15 is 0 Å². The van der Waals surface area contributed by atoms with Crippen LogP contribution in [0.3, 0.4) is 0 Å². The van der Waals surface area contributed by atoms with E-state index in [0.29, 0.717) is 0 Å². The van der Waals surface area contributed by atoms with Crippen LogP contribution in [0.4, 0.5) is 5.69 Å². The highest BCUT2D eigenvalue weighted by Gasteiger charge is 2.10. The number of nitrogens with zero attached hydrogens (tertiary/aromatic N) is 3. The molecule has 0 spiro atoms. The van der Waals surface area contributed by atoms with Crippen LogP contribution in [-0.4, -0.2) is 22.9 Å². The molecule has 1 atom stereocenters. The lowest BCUT2D eigenvalue weighted by atomic mass is 10.0. The van der Waals surface area contributed by atoms with Gasteiger partial charge in [0.2, 0.25) is 0 Å². The van der Waals surface area contributed by atoms with E-state index in [9.17, 15) is 0 Å². The van der Waals surface area contributed by atoms with Crippen LogP contribution in [0, 0.1) is 6.92 Å². The fourth-order valence-electron chi connectivity index (χ4n) is 2.51. The van der Waals surface area contributed by atoms with E-state index < -0.39 is 0 Å². The Balaban J connectivity index is 2.21. The zero-order valence-corrected chi connectivity index (χ0v) is 12.8. The molecule has 1 heterocycles. The monoisotopic (exact) mass is 272 g/mol. The van der Waals surface area contributed by atoms with E-state index in [2.05, 4.69) is 48.4 Å². The Morgan fingerprint density at radius 1 is 1.40 bits per heavy atom. The second kappa shape index (κ2) is 6.09. The van der Waals surface area contributed by atoms with Gasteiger partial charge in [0.1, 0.15) is 0 Å². The van der Waals surface area contributed by atoms with Crippen molar-refractivity contribution in [3.05, 3.63) is 47.3 Å². The van der Waals surface area contributed by atoms with Gasteiger partial charge in [-0.2, -0.15) is 5.10 Å². The average molecular weight is 272 g/mol. The molecule has 2 N–H and O–H groups in total. The molecule has 0 amide bonds. The second-order valence-electron chi connectivity index (χ2n) is 5.69. The van der Waals surface area contributed by atoms with Gasteiger partial charge >= 0.3 is 0 Å². The molecule has 0 saturated carbocycles. The number of aromatic nitrogens is 2.